The highest BCUT2D eigenvalue weighted by Gasteiger charge is 2.25. The van der Waals surface area contributed by atoms with Gasteiger partial charge in [0, 0.05) is 19.6 Å². The number of hydrogen-bond donors (Lipinski definition) is 2. The summed E-state index contributed by atoms with van der Waals surface area (Å²) in [5.74, 6) is -0.363. The maximum Gasteiger partial charge on any atom is 0.472 e. The van der Waals surface area contributed by atoms with Gasteiger partial charge in [-0.25, -0.2) is 4.57 Å². The fraction of sp³-hybridized carbons (Fsp3) is 0.651. The van der Waals surface area contributed by atoms with E-state index in [1.807, 2.05) is 0 Å². The Morgan fingerprint density at radius 1 is 0.577 bits per heavy atom. The van der Waals surface area contributed by atoms with Crippen LogP contribution in [-0.4, -0.2) is 49.9 Å². The van der Waals surface area contributed by atoms with Gasteiger partial charge in [0.2, 0.25) is 0 Å². The smallest absolute Gasteiger partial charge is 0.457 e. The van der Waals surface area contributed by atoms with E-state index in [-0.39, 0.29) is 38.8 Å². The number of esters is 1. The first-order valence-corrected chi connectivity index (χ1v) is 21.6. The summed E-state index contributed by atoms with van der Waals surface area (Å²) in [7, 11) is -4.29. The lowest BCUT2D eigenvalue weighted by molar-refractivity contribution is -0.154. The number of nitrogens with two attached hydrogens (primary N) is 1. The van der Waals surface area contributed by atoms with Crippen LogP contribution in [-0.2, 0) is 27.9 Å². The summed E-state index contributed by atoms with van der Waals surface area (Å²) in [6.45, 7) is 4.60. The standard InChI is InChI=1S/C43H74NO7P/c1-3-5-7-9-11-13-15-17-19-21-22-24-26-28-30-32-34-36-43(45)51-42(41-50-52(46,47)49-39-37-44)40-48-38-35-33-31-29-27-25-23-20-18-16-14-12-10-8-6-4-2/h5-8,11-14,17-20,22,24,42H,3-4,9-10,15-16,21,23,25-41,44H2,1-2H3,(H,46,47)/b7-5-,8-6-,13-11-,14-12-,19-17-,20-18-,24-22-. The SMILES string of the molecule is CC/C=C\C/C=C\C/C=C\C/C=C\CCCCCCC(=O)OC(COCCCCCCCC/C=C\C/C=C\C/C=C\CC)COP(=O)(O)OCCN. The van der Waals surface area contributed by atoms with E-state index in [0.717, 1.165) is 103 Å². The highest BCUT2D eigenvalue weighted by atomic mass is 31.2. The van der Waals surface area contributed by atoms with Crippen molar-refractivity contribution < 1.29 is 32.8 Å². The quantitative estimate of drug-likeness (QED) is 0.0279. The van der Waals surface area contributed by atoms with Crippen molar-refractivity contribution in [2.24, 2.45) is 5.73 Å². The largest absolute Gasteiger partial charge is 0.472 e. The number of unbranched alkanes of at least 4 members (excludes halogenated alkanes) is 10. The summed E-state index contributed by atoms with van der Waals surface area (Å²) in [5.41, 5.74) is 5.36. The van der Waals surface area contributed by atoms with E-state index >= 15 is 0 Å². The van der Waals surface area contributed by atoms with Crippen LogP contribution in [0.15, 0.2) is 85.1 Å². The third-order valence-corrected chi connectivity index (χ3v) is 8.79. The zero-order chi connectivity index (χ0) is 38.1. The first-order valence-electron chi connectivity index (χ1n) is 20.1. The Hall–Kier alpha value is -2.32. The summed E-state index contributed by atoms with van der Waals surface area (Å²) < 4.78 is 33.3. The molecule has 8 nitrogen and oxygen atoms in total. The fourth-order valence-corrected chi connectivity index (χ4v) is 5.71. The molecule has 9 heteroatoms. The van der Waals surface area contributed by atoms with Gasteiger partial charge in [-0.1, -0.05) is 137 Å². The minimum atomic E-state index is -4.29. The first-order chi connectivity index (χ1) is 25.4. The molecule has 52 heavy (non-hydrogen) atoms. The zero-order valence-electron chi connectivity index (χ0n) is 32.8. The minimum Gasteiger partial charge on any atom is -0.457 e. The number of allylic oxidation sites excluding steroid dienone is 14. The van der Waals surface area contributed by atoms with Crippen LogP contribution in [0.25, 0.3) is 0 Å². The molecule has 2 unspecified atom stereocenters. The molecule has 0 fully saturated rings. The van der Waals surface area contributed by atoms with Crippen LogP contribution in [0.2, 0.25) is 0 Å². The van der Waals surface area contributed by atoms with Gasteiger partial charge in [0.25, 0.3) is 0 Å². The molecule has 0 aliphatic rings. The highest BCUT2D eigenvalue weighted by molar-refractivity contribution is 7.47. The average molecular weight is 748 g/mol. The van der Waals surface area contributed by atoms with Crippen molar-refractivity contribution in [2.75, 3.05) is 33.0 Å². The Labute approximate surface area is 318 Å². The van der Waals surface area contributed by atoms with Gasteiger partial charge in [0.05, 0.1) is 19.8 Å². The van der Waals surface area contributed by atoms with Crippen LogP contribution < -0.4 is 5.73 Å². The van der Waals surface area contributed by atoms with Crippen LogP contribution in [0.1, 0.15) is 142 Å². The van der Waals surface area contributed by atoms with Gasteiger partial charge in [0.1, 0.15) is 6.10 Å². The second kappa shape index (κ2) is 39.9. The molecule has 2 atom stereocenters. The molecule has 0 bridgehead atoms. The molecule has 0 aliphatic heterocycles. The van der Waals surface area contributed by atoms with E-state index in [1.54, 1.807) is 0 Å². The highest BCUT2D eigenvalue weighted by Crippen LogP contribution is 2.43. The Morgan fingerprint density at radius 3 is 1.52 bits per heavy atom. The molecule has 0 rings (SSSR count). The van der Waals surface area contributed by atoms with E-state index in [0.29, 0.717) is 6.61 Å². The second-order valence-electron chi connectivity index (χ2n) is 12.7. The molecule has 0 saturated carbocycles. The molecule has 0 amide bonds. The predicted octanol–water partition coefficient (Wildman–Crippen LogP) is 11.7. The lowest BCUT2D eigenvalue weighted by Gasteiger charge is -2.20. The van der Waals surface area contributed by atoms with Crippen molar-refractivity contribution in [2.45, 2.75) is 148 Å². The van der Waals surface area contributed by atoms with Crippen molar-refractivity contribution in [3.8, 4) is 0 Å². The van der Waals surface area contributed by atoms with Gasteiger partial charge >= 0.3 is 13.8 Å². The second-order valence-corrected chi connectivity index (χ2v) is 14.2. The van der Waals surface area contributed by atoms with Gasteiger partial charge in [-0.05, 0) is 83.5 Å². The molecule has 0 aliphatic carbocycles. The van der Waals surface area contributed by atoms with E-state index < -0.39 is 13.9 Å². The number of ether oxygens (including phenoxy) is 2. The van der Waals surface area contributed by atoms with Crippen LogP contribution in [0.4, 0.5) is 0 Å². The lowest BCUT2D eigenvalue weighted by Crippen LogP contribution is -2.28. The van der Waals surface area contributed by atoms with E-state index in [4.69, 9.17) is 24.3 Å². The molecule has 0 spiro atoms. The summed E-state index contributed by atoms with van der Waals surface area (Å²) >= 11 is 0. The van der Waals surface area contributed by atoms with Gasteiger partial charge in [-0.2, -0.15) is 0 Å². The summed E-state index contributed by atoms with van der Waals surface area (Å²) in [4.78, 5) is 22.4. The average Bonchev–Trinajstić information content (AvgIpc) is 3.13. The van der Waals surface area contributed by atoms with Crippen LogP contribution in [0.3, 0.4) is 0 Å². The molecule has 0 aromatic carbocycles. The molecular weight excluding hydrogens is 673 g/mol. The molecule has 0 radical (unpaired) electrons. The number of carbonyl (C=O) groups excluding carboxylic acids is 1. The Bertz CT molecular complexity index is 1060. The lowest BCUT2D eigenvalue weighted by atomic mass is 10.1. The molecule has 3 N–H and O–H groups in total. The van der Waals surface area contributed by atoms with Gasteiger partial charge in [0.15, 0.2) is 0 Å². The normalized spacial score (nSPS) is 14.5. The first kappa shape index (κ1) is 49.7. The van der Waals surface area contributed by atoms with Gasteiger partial charge in [-0.3, -0.25) is 13.8 Å². The zero-order valence-corrected chi connectivity index (χ0v) is 33.7. The number of phosphoric ester groups is 1. The van der Waals surface area contributed by atoms with Crippen LogP contribution in [0, 0.1) is 0 Å². The van der Waals surface area contributed by atoms with Crippen molar-refractivity contribution in [3.05, 3.63) is 85.1 Å². The molecule has 298 valence electrons. The summed E-state index contributed by atoms with van der Waals surface area (Å²) in [5, 5.41) is 0. The number of rotatable bonds is 37. The number of phosphoric acid groups is 1. The minimum absolute atomic E-state index is 0.0887. The van der Waals surface area contributed by atoms with Crippen molar-refractivity contribution in [1.82, 2.24) is 0 Å². The third-order valence-electron chi connectivity index (χ3n) is 7.81. The van der Waals surface area contributed by atoms with E-state index in [9.17, 15) is 14.3 Å². The molecular formula is C43H74NO7P. The number of carbonyl (C=O) groups is 1. The van der Waals surface area contributed by atoms with Crippen LogP contribution >= 0.6 is 7.82 Å². The van der Waals surface area contributed by atoms with Crippen molar-refractivity contribution in [1.29, 1.82) is 0 Å². The maximum absolute atomic E-state index is 12.6. The maximum atomic E-state index is 12.6. The van der Waals surface area contributed by atoms with Crippen LogP contribution in [0.5, 0.6) is 0 Å². The fourth-order valence-electron chi connectivity index (χ4n) is 4.94. The predicted molar refractivity (Wildman–Crippen MR) is 219 cm³/mol. The molecule has 0 heterocycles. The van der Waals surface area contributed by atoms with E-state index in [1.165, 1.54) is 19.3 Å². The summed E-state index contributed by atoms with van der Waals surface area (Å²) in [6.07, 6.45) is 50.2. The topological polar surface area (TPSA) is 117 Å². The molecule has 0 aromatic rings. The third kappa shape index (κ3) is 38.9. The van der Waals surface area contributed by atoms with Crippen molar-refractivity contribution >= 4 is 13.8 Å². The molecule has 0 aromatic heterocycles. The Balaban J connectivity index is 4.17. The Morgan fingerprint density at radius 2 is 1.02 bits per heavy atom. The van der Waals surface area contributed by atoms with E-state index in [2.05, 4.69) is 98.9 Å². The monoisotopic (exact) mass is 748 g/mol. The number of hydrogen-bond acceptors (Lipinski definition) is 7. The Kier molecular flexibility index (Phi) is 38.1. The van der Waals surface area contributed by atoms with Gasteiger partial charge in [-0.15, -0.1) is 0 Å². The summed E-state index contributed by atoms with van der Waals surface area (Å²) in [6, 6.07) is 0. The van der Waals surface area contributed by atoms with Gasteiger partial charge < -0.3 is 20.1 Å². The molecule has 0 saturated heterocycles. The van der Waals surface area contributed by atoms with Crippen molar-refractivity contribution in [3.63, 3.8) is 0 Å².